The third kappa shape index (κ3) is 2.71. The lowest BCUT2D eigenvalue weighted by atomic mass is 10.3. The van der Waals surface area contributed by atoms with Crippen molar-refractivity contribution in [2.75, 3.05) is 24.6 Å². The summed E-state index contributed by atoms with van der Waals surface area (Å²) >= 11 is 5.82. The third-order valence-corrected chi connectivity index (χ3v) is 6.57. The molecule has 1 N–H and O–H groups in total. The predicted molar refractivity (Wildman–Crippen MR) is 75.2 cm³/mol. The minimum absolute atomic E-state index is 0.0729. The number of halogens is 1. The van der Waals surface area contributed by atoms with Gasteiger partial charge in [-0.1, -0.05) is 11.6 Å². The summed E-state index contributed by atoms with van der Waals surface area (Å²) in [5, 5.41) is 12.2. The topological polar surface area (TPSA) is 104 Å². The summed E-state index contributed by atoms with van der Waals surface area (Å²) in [6, 6.07) is 2.32. The molecule has 7 nitrogen and oxygen atoms in total. The lowest BCUT2D eigenvalue weighted by molar-refractivity contribution is 0.425. The number of aromatic hydroxyl groups is 1. The van der Waals surface area contributed by atoms with E-state index in [2.05, 4.69) is 5.18 Å². The van der Waals surface area contributed by atoms with Gasteiger partial charge >= 0.3 is 0 Å². The van der Waals surface area contributed by atoms with Crippen molar-refractivity contribution in [1.82, 2.24) is 4.31 Å². The highest BCUT2D eigenvalue weighted by Gasteiger charge is 2.33. The Labute approximate surface area is 123 Å². The molecule has 0 amide bonds. The van der Waals surface area contributed by atoms with E-state index in [1.165, 1.54) is 6.07 Å². The van der Waals surface area contributed by atoms with Gasteiger partial charge in [-0.3, -0.25) is 4.21 Å². The number of phenols is 1. The molecule has 1 aromatic carbocycles. The summed E-state index contributed by atoms with van der Waals surface area (Å²) in [4.78, 5) is 10.00. The molecule has 110 valence electrons. The number of benzene rings is 1. The Kier molecular flexibility index (Phi) is 4.43. The third-order valence-electron chi connectivity index (χ3n) is 2.90. The van der Waals surface area contributed by atoms with Crippen LogP contribution in [0.1, 0.15) is 0 Å². The van der Waals surface area contributed by atoms with Crippen molar-refractivity contribution in [2.24, 2.45) is 5.18 Å². The van der Waals surface area contributed by atoms with Crippen LogP contribution in [0.4, 0.5) is 5.69 Å². The molecule has 10 heteroatoms. The molecule has 0 radical (unpaired) electrons. The van der Waals surface area contributed by atoms with Gasteiger partial charge in [0, 0.05) is 35.4 Å². The molecule has 0 unspecified atom stereocenters. The number of nitroso groups, excluding NO2 is 1. The Morgan fingerprint density at radius 2 is 1.90 bits per heavy atom. The van der Waals surface area contributed by atoms with Gasteiger partial charge in [0.05, 0.1) is 5.02 Å². The minimum Gasteiger partial charge on any atom is -0.504 e. The van der Waals surface area contributed by atoms with Crippen molar-refractivity contribution in [3.8, 4) is 5.75 Å². The standard InChI is InChI=1S/C10H11ClN2O5S2/c11-7-1-2-8(12-15)9(14)10(7)20(17,18)13-3-5-19(16)6-4-13/h1-2,14H,3-6H2. The second kappa shape index (κ2) is 5.76. The van der Waals surface area contributed by atoms with E-state index in [1.807, 2.05) is 0 Å². The zero-order valence-electron chi connectivity index (χ0n) is 10.2. The first-order valence-electron chi connectivity index (χ1n) is 5.58. The summed E-state index contributed by atoms with van der Waals surface area (Å²) in [6.07, 6.45) is 0. The fraction of sp³-hybridized carbons (Fsp3) is 0.400. The van der Waals surface area contributed by atoms with Crippen LogP contribution in [0, 0.1) is 4.91 Å². The highest BCUT2D eigenvalue weighted by molar-refractivity contribution is 7.89. The van der Waals surface area contributed by atoms with Crippen molar-refractivity contribution < 1.29 is 17.7 Å². The summed E-state index contributed by atoms with van der Waals surface area (Å²) in [7, 11) is -5.10. The molecule has 1 saturated heterocycles. The molecule has 1 heterocycles. The van der Waals surface area contributed by atoms with Crippen molar-refractivity contribution in [2.45, 2.75) is 4.90 Å². The molecule has 0 spiro atoms. The van der Waals surface area contributed by atoms with Gasteiger partial charge in [-0.25, -0.2) is 8.42 Å². The molecule has 1 aliphatic heterocycles. The zero-order chi connectivity index (χ0) is 14.9. The van der Waals surface area contributed by atoms with Gasteiger partial charge in [0.15, 0.2) is 11.4 Å². The highest BCUT2D eigenvalue weighted by atomic mass is 35.5. The molecule has 20 heavy (non-hydrogen) atoms. The first-order chi connectivity index (χ1) is 9.37. The van der Waals surface area contributed by atoms with Crippen molar-refractivity contribution in [1.29, 1.82) is 0 Å². The van der Waals surface area contributed by atoms with Crippen LogP contribution >= 0.6 is 11.6 Å². The molecule has 0 saturated carbocycles. The summed E-state index contributed by atoms with van der Waals surface area (Å²) in [5.74, 6) is -0.314. The monoisotopic (exact) mass is 338 g/mol. The van der Waals surface area contributed by atoms with E-state index in [0.29, 0.717) is 0 Å². The number of nitrogens with zero attached hydrogens (tertiary/aromatic N) is 2. The predicted octanol–water partition coefficient (Wildman–Crippen LogP) is 1.20. The normalized spacial score (nSPS) is 18.1. The minimum atomic E-state index is -4.06. The highest BCUT2D eigenvalue weighted by Crippen LogP contribution is 2.39. The van der Waals surface area contributed by atoms with Crippen LogP contribution in [0.3, 0.4) is 0 Å². The molecular weight excluding hydrogens is 328 g/mol. The Morgan fingerprint density at radius 1 is 1.30 bits per heavy atom. The number of phenolic OH excluding ortho intramolecular Hbond substituents is 1. The summed E-state index contributed by atoms with van der Waals surface area (Å²) in [5.41, 5.74) is -0.395. The summed E-state index contributed by atoms with van der Waals surface area (Å²) < 4.78 is 37.2. The molecule has 1 aliphatic rings. The average Bonchev–Trinajstić information content (AvgIpc) is 2.39. The van der Waals surface area contributed by atoms with Gasteiger partial charge in [0.25, 0.3) is 0 Å². The molecule has 0 aliphatic carbocycles. The smallest absolute Gasteiger partial charge is 0.248 e. The van der Waals surface area contributed by atoms with Crippen LogP contribution in [-0.2, 0) is 20.8 Å². The lowest BCUT2D eigenvalue weighted by Crippen LogP contribution is -2.41. The molecule has 0 aromatic heterocycles. The van der Waals surface area contributed by atoms with Crippen LogP contribution in [0.15, 0.2) is 22.2 Å². The van der Waals surface area contributed by atoms with Crippen LogP contribution in [0.5, 0.6) is 5.75 Å². The maximum atomic E-state index is 12.4. The van der Waals surface area contributed by atoms with Crippen LogP contribution in [0.25, 0.3) is 0 Å². The second-order valence-corrected chi connectivity index (χ2v) is 8.07. The second-order valence-electron chi connectivity index (χ2n) is 4.09. The van der Waals surface area contributed by atoms with Crippen molar-refractivity contribution in [3.63, 3.8) is 0 Å². The maximum absolute atomic E-state index is 12.4. The van der Waals surface area contributed by atoms with E-state index in [1.54, 1.807) is 0 Å². The van der Waals surface area contributed by atoms with E-state index < -0.39 is 37.2 Å². The van der Waals surface area contributed by atoms with Gasteiger partial charge < -0.3 is 5.11 Å². The van der Waals surface area contributed by atoms with Gasteiger partial charge in [-0.05, 0) is 17.3 Å². The average molecular weight is 339 g/mol. The number of rotatable bonds is 3. The fourth-order valence-corrected chi connectivity index (χ4v) is 5.16. The van der Waals surface area contributed by atoms with Gasteiger partial charge in [0.2, 0.25) is 10.0 Å². The van der Waals surface area contributed by atoms with E-state index in [-0.39, 0.29) is 29.6 Å². The van der Waals surface area contributed by atoms with Crippen LogP contribution < -0.4 is 0 Å². The lowest BCUT2D eigenvalue weighted by Gasteiger charge is -2.26. The quantitative estimate of drug-likeness (QED) is 0.834. The first kappa shape index (κ1) is 15.4. The van der Waals surface area contributed by atoms with Gasteiger partial charge in [0.1, 0.15) is 4.90 Å². The zero-order valence-corrected chi connectivity index (χ0v) is 12.5. The van der Waals surface area contributed by atoms with E-state index in [0.717, 1.165) is 10.4 Å². The van der Waals surface area contributed by atoms with Crippen LogP contribution in [0.2, 0.25) is 5.02 Å². The number of sulfonamides is 1. The summed E-state index contributed by atoms with van der Waals surface area (Å²) in [6.45, 7) is 0.146. The molecule has 0 bridgehead atoms. The maximum Gasteiger partial charge on any atom is 0.248 e. The van der Waals surface area contributed by atoms with Crippen LogP contribution in [-0.4, -0.2) is 46.6 Å². The Hall–Kier alpha value is -1.03. The van der Waals surface area contributed by atoms with Gasteiger partial charge in [-0.15, -0.1) is 4.91 Å². The number of hydrogen-bond acceptors (Lipinski definition) is 6. The Bertz CT molecular complexity index is 666. The Morgan fingerprint density at radius 3 is 2.45 bits per heavy atom. The van der Waals surface area contributed by atoms with E-state index in [9.17, 15) is 22.6 Å². The SMILES string of the molecule is O=Nc1ccc(Cl)c(S(=O)(=O)N2CCS(=O)CC2)c1O. The van der Waals surface area contributed by atoms with Crippen molar-refractivity contribution >= 4 is 38.1 Å². The van der Waals surface area contributed by atoms with E-state index >= 15 is 0 Å². The van der Waals surface area contributed by atoms with Gasteiger partial charge in [-0.2, -0.15) is 4.31 Å². The molecule has 2 rings (SSSR count). The molecule has 0 atom stereocenters. The molecular formula is C10H11ClN2O5S2. The van der Waals surface area contributed by atoms with Crippen molar-refractivity contribution in [3.05, 3.63) is 22.1 Å². The first-order valence-corrected chi connectivity index (χ1v) is 8.88. The fourth-order valence-electron chi connectivity index (χ4n) is 1.85. The molecule has 1 fully saturated rings. The van der Waals surface area contributed by atoms with E-state index in [4.69, 9.17) is 11.6 Å². The Balaban J connectivity index is 2.49. The molecule has 1 aromatic rings. The largest absolute Gasteiger partial charge is 0.504 e. The number of hydrogen-bond donors (Lipinski definition) is 1.